The summed E-state index contributed by atoms with van der Waals surface area (Å²) in [6.45, 7) is 6.45. The summed E-state index contributed by atoms with van der Waals surface area (Å²) in [5, 5.41) is 12.7. The van der Waals surface area contributed by atoms with Gasteiger partial charge in [-0.15, -0.1) is 0 Å². The SMILES string of the molecule is CC(C)(C)c1ccc(Nc2ccc(Cl)cc2C(=O)O)cc1. The number of rotatable bonds is 3. The van der Waals surface area contributed by atoms with Gasteiger partial charge >= 0.3 is 5.97 Å². The molecule has 110 valence electrons. The first-order chi connectivity index (χ1) is 9.77. The van der Waals surface area contributed by atoms with Crippen LogP contribution in [0.25, 0.3) is 0 Å². The van der Waals surface area contributed by atoms with Crippen LogP contribution in [0, 0.1) is 0 Å². The van der Waals surface area contributed by atoms with Gasteiger partial charge in [0.05, 0.1) is 11.3 Å². The van der Waals surface area contributed by atoms with E-state index in [2.05, 4.69) is 26.1 Å². The number of nitrogens with one attached hydrogen (secondary N) is 1. The second-order valence-corrected chi connectivity index (χ2v) is 6.38. The maximum Gasteiger partial charge on any atom is 0.337 e. The van der Waals surface area contributed by atoms with Crippen molar-refractivity contribution in [1.82, 2.24) is 0 Å². The van der Waals surface area contributed by atoms with Crippen LogP contribution in [-0.2, 0) is 5.41 Å². The molecule has 0 bridgehead atoms. The molecular formula is C17H18ClNO2. The van der Waals surface area contributed by atoms with Crippen LogP contribution < -0.4 is 5.32 Å². The molecule has 0 aliphatic heterocycles. The normalized spacial score (nSPS) is 11.2. The molecule has 2 aromatic carbocycles. The molecule has 0 saturated heterocycles. The van der Waals surface area contributed by atoms with Crippen LogP contribution in [0.2, 0.25) is 5.02 Å². The maximum atomic E-state index is 11.3. The summed E-state index contributed by atoms with van der Waals surface area (Å²) in [7, 11) is 0. The molecule has 0 amide bonds. The van der Waals surface area contributed by atoms with Crippen LogP contribution >= 0.6 is 11.6 Å². The van der Waals surface area contributed by atoms with Crippen molar-refractivity contribution in [2.75, 3.05) is 5.32 Å². The highest BCUT2D eigenvalue weighted by atomic mass is 35.5. The molecule has 21 heavy (non-hydrogen) atoms. The highest BCUT2D eigenvalue weighted by molar-refractivity contribution is 6.31. The summed E-state index contributed by atoms with van der Waals surface area (Å²) in [5.74, 6) is -1.01. The van der Waals surface area contributed by atoms with E-state index in [0.29, 0.717) is 10.7 Å². The zero-order valence-electron chi connectivity index (χ0n) is 12.3. The van der Waals surface area contributed by atoms with E-state index in [1.807, 2.05) is 24.3 Å². The molecule has 0 heterocycles. The van der Waals surface area contributed by atoms with Crippen LogP contribution in [0.5, 0.6) is 0 Å². The monoisotopic (exact) mass is 303 g/mol. The van der Waals surface area contributed by atoms with Crippen LogP contribution in [0.3, 0.4) is 0 Å². The molecule has 0 aliphatic rings. The Balaban J connectivity index is 2.28. The summed E-state index contributed by atoms with van der Waals surface area (Å²) in [6, 6.07) is 12.7. The molecule has 0 fully saturated rings. The number of anilines is 2. The number of carbonyl (C=O) groups is 1. The minimum Gasteiger partial charge on any atom is -0.478 e. The topological polar surface area (TPSA) is 49.3 Å². The number of carboxylic acids is 1. The lowest BCUT2D eigenvalue weighted by Crippen LogP contribution is -2.10. The van der Waals surface area contributed by atoms with Gasteiger partial charge in [0.15, 0.2) is 0 Å². The van der Waals surface area contributed by atoms with Crippen molar-refractivity contribution in [2.24, 2.45) is 0 Å². The Labute approximate surface area is 129 Å². The molecule has 0 aliphatic carbocycles. The van der Waals surface area contributed by atoms with E-state index in [4.69, 9.17) is 11.6 Å². The average Bonchev–Trinajstić information content (AvgIpc) is 2.40. The smallest absolute Gasteiger partial charge is 0.337 e. The van der Waals surface area contributed by atoms with Crippen LogP contribution in [0.4, 0.5) is 11.4 Å². The fourth-order valence-corrected chi connectivity index (χ4v) is 2.18. The van der Waals surface area contributed by atoms with E-state index in [0.717, 1.165) is 5.69 Å². The molecule has 0 saturated carbocycles. The molecule has 0 spiro atoms. The molecule has 2 N–H and O–H groups in total. The summed E-state index contributed by atoms with van der Waals surface area (Å²) < 4.78 is 0. The van der Waals surface area contributed by atoms with Gasteiger partial charge in [0, 0.05) is 10.7 Å². The fourth-order valence-electron chi connectivity index (χ4n) is 2.01. The second kappa shape index (κ2) is 5.78. The summed E-state index contributed by atoms with van der Waals surface area (Å²) in [4.78, 5) is 11.3. The number of aromatic carboxylic acids is 1. The van der Waals surface area contributed by atoms with Gasteiger partial charge in [0.2, 0.25) is 0 Å². The van der Waals surface area contributed by atoms with Crippen LogP contribution in [0.15, 0.2) is 42.5 Å². The van der Waals surface area contributed by atoms with Crippen molar-refractivity contribution < 1.29 is 9.90 Å². The molecule has 3 nitrogen and oxygen atoms in total. The molecule has 0 radical (unpaired) electrons. The lowest BCUT2D eigenvalue weighted by Gasteiger charge is -2.19. The van der Waals surface area contributed by atoms with E-state index in [-0.39, 0.29) is 11.0 Å². The van der Waals surface area contributed by atoms with Crippen molar-refractivity contribution in [3.8, 4) is 0 Å². The predicted molar refractivity (Wildman–Crippen MR) is 86.8 cm³/mol. The van der Waals surface area contributed by atoms with E-state index in [1.54, 1.807) is 12.1 Å². The fraction of sp³-hybridized carbons (Fsp3) is 0.235. The number of halogens is 1. The van der Waals surface area contributed by atoms with Crippen molar-refractivity contribution in [1.29, 1.82) is 0 Å². The molecule has 2 aromatic rings. The minimum atomic E-state index is -1.01. The second-order valence-electron chi connectivity index (χ2n) is 5.95. The van der Waals surface area contributed by atoms with Crippen molar-refractivity contribution in [2.45, 2.75) is 26.2 Å². The standard InChI is InChI=1S/C17H18ClNO2/c1-17(2,3)11-4-7-13(8-5-11)19-15-9-6-12(18)10-14(15)16(20)21/h4-10,19H,1-3H3,(H,20,21). The third-order valence-electron chi connectivity index (χ3n) is 3.24. The van der Waals surface area contributed by atoms with E-state index >= 15 is 0 Å². The predicted octanol–water partition coefficient (Wildman–Crippen LogP) is 5.08. The van der Waals surface area contributed by atoms with E-state index in [1.165, 1.54) is 11.6 Å². The van der Waals surface area contributed by atoms with Crippen molar-refractivity contribution in [3.63, 3.8) is 0 Å². The third kappa shape index (κ3) is 3.76. The first kappa shape index (κ1) is 15.4. The Kier molecular flexibility index (Phi) is 4.24. The molecule has 4 heteroatoms. The lowest BCUT2D eigenvalue weighted by molar-refractivity contribution is 0.0698. The first-order valence-corrected chi connectivity index (χ1v) is 7.05. The van der Waals surface area contributed by atoms with Gasteiger partial charge in [-0.2, -0.15) is 0 Å². The Bertz CT molecular complexity index is 657. The lowest BCUT2D eigenvalue weighted by atomic mass is 9.87. The Morgan fingerprint density at radius 1 is 1.10 bits per heavy atom. The zero-order valence-corrected chi connectivity index (χ0v) is 13.0. The van der Waals surface area contributed by atoms with Crippen molar-refractivity contribution >= 4 is 28.9 Å². The number of hydrogen-bond donors (Lipinski definition) is 2. The Morgan fingerprint density at radius 2 is 1.71 bits per heavy atom. The number of carboxylic acid groups (broad SMARTS) is 1. The van der Waals surface area contributed by atoms with Gasteiger partial charge in [-0.25, -0.2) is 4.79 Å². The Hall–Kier alpha value is -2.00. The number of benzene rings is 2. The van der Waals surface area contributed by atoms with Crippen molar-refractivity contribution in [3.05, 3.63) is 58.6 Å². The molecule has 0 unspecified atom stereocenters. The molecule has 0 aromatic heterocycles. The molecule has 0 atom stereocenters. The molecular weight excluding hydrogens is 286 g/mol. The van der Waals surface area contributed by atoms with Gasteiger partial charge in [-0.3, -0.25) is 0 Å². The summed E-state index contributed by atoms with van der Waals surface area (Å²) >= 11 is 5.84. The van der Waals surface area contributed by atoms with Gasteiger partial charge in [0.25, 0.3) is 0 Å². The average molecular weight is 304 g/mol. The highest BCUT2D eigenvalue weighted by Crippen LogP contribution is 2.27. The quantitative estimate of drug-likeness (QED) is 0.831. The minimum absolute atomic E-state index is 0.0883. The summed E-state index contributed by atoms with van der Waals surface area (Å²) in [6.07, 6.45) is 0. The first-order valence-electron chi connectivity index (χ1n) is 6.68. The number of hydrogen-bond acceptors (Lipinski definition) is 2. The molecule has 2 rings (SSSR count). The third-order valence-corrected chi connectivity index (χ3v) is 3.48. The van der Waals surface area contributed by atoms with Gasteiger partial charge < -0.3 is 10.4 Å². The highest BCUT2D eigenvalue weighted by Gasteiger charge is 2.14. The largest absolute Gasteiger partial charge is 0.478 e. The van der Waals surface area contributed by atoms with Gasteiger partial charge in [-0.05, 0) is 41.3 Å². The van der Waals surface area contributed by atoms with Gasteiger partial charge in [0.1, 0.15) is 0 Å². The maximum absolute atomic E-state index is 11.3. The van der Waals surface area contributed by atoms with E-state index < -0.39 is 5.97 Å². The Morgan fingerprint density at radius 3 is 2.24 bits per heavy atom. The van der Waals surface area contributed by atoms with Gasteiger partial charge in [-0.1, -0.05) is 44.5 Å². The van der Waals surface area contributed by atoms with E-state index in [9.17, 15) is 9.90 Å². The summed E-state index contributed by atoms with van der Waals surface area (Å²) in [5.41, 5.74) is 2.83. The zero-order chi connectivity index (χ0) is 15.6. The van der Waals surface area contributed by atoms with Crippen LogP contribution in [-0.4, -0.2) is 11.1 Å². The van der Waals surface area contributed by atoms with Crippen LogP contribution in [0.1, 0.15) is 36.7 Å².